The van der Waals surface area contributed by atoms with E-state index in [2.05, 4.69) is 20.8 Å². The van der Waals surface area contributed by atoms with Crippen LogP contribution in [0.3, 0.4) is 0 Å². The first-order valence-corrected chi connectivity index (χ1v) is 10.8. The molecule has 1 saturated heterocycles. The zero-order valence-corrected chi connectivity index (χ0v) is 17.4. The molecule has 0 N–H and O–H groups in total. The van der Waals surface area contributed by atoms with Crippen molar-refractivity contribution in [3.05, 3.63) is 0 Å². The monoisotopic (exact) mass is 376 g/mol. The minimum absolute atomic E-state index is 0.240. The average molecular weight is 377 g/mol. The highest BCUT2D eigenvalue weighted by Crippen LogP contribution is 2.29. The minimum atomic E-state index is -1.31. The Morgan fingerprint density at radius 1 is 0.692 bits per heavy atom. The third-order valence-corrected chi connectivity index (χ3v) is 4.86. The van der Waals surface area contributed by atoms with Crippen LogP contribution in [0.1, 0.15) is 85.5 Å². The topological polar surface area (TPSA) is 36.9 Å². The van der Waals surface area contributed by atoms with Crippen molar-refractivity contribution in [2.45, 2.75) is 116 Å². The smallest absolute Gasteiger partial charge is 0.191 e. The van der Waals surface area contributed by atoms with Crippen LogP contribution in [-0.4, -0.2) is 50.6 Å². The molecule has 0 aromatic carbocycles. The van der Waals surface area contributed by atoms with Crippen molar-refractivity contribution in [2.75, 3.05) is 19.8 Å². The lowest BCUT2D eigenvalue weighted by molar-refractivity contribution is -0.292. The van der Waals surface area contributed by atoms with Gasteiger partial charge in [0.2, 0.25) is 0 Å². The molecule has 0 aromatic rings. The third-order valence-electron chi connectivity index (χ3n) is 4.86. The molecule has 0 aliphatic carbocycles. The van der Waals surface area contributed by atoms with E-state index in [4.69, 9.17) is 18.9 Å². The van der Waals surface area contributed by atoms with E-state index in [1.807, 2.05) is 6.92 Å². The van der Waals surface area contributed by atoms with Gasteiger partial charge < -0.3 is 18.9 Å². The van der Waals surface area contributed by atoms with Gasteiger partial charge in [0.05, 0.1) is 6.10 Å². The molecule has 156 valence electrons. The Hall–Kier alpha value is -0.230. The summed E-state index contributed by atoms with van der Waals surface area (Å²) in [6.45, 7) is 10.1. The van der Waals surface area contributed by atoms with Gasteiger partial charge in [-0.2, -0.15) is 0 Å². The number of hydrogen-bond acceptors (Lipinski definition) is 4. The highest BCUT2D eigenvalue weighted by Gasteiger charge is 2.46. The predicted octanol–water partition coefficient (Wildman–Crippen LogP) is 5.43. The maximum absolute atomic E-state index is 15.1. The van der Waals surface area contributed by atoms with Crippen molar-refractivity contribution < 1.29 is 23.3 Å². The van der Waals surface area contributed by atoms with Gasteiger partial charge in [-0.15, -0.1) is 0 Å². The summed E-state index contributed by atoms with van der Waals surface area (Å²) in [6, 6.07) is 0. The molecule has 0 unspecified atom stereocenters. The minimum Gasteiger partial charge on any atom is -0.373 e. The highest BCUT2D eigenvalue weighted by atomic mass is 19.1. The van der Waals surface area contributed by atoms with Crippen LogP contribution in [-0.2, 0) is 18.9 Å². The molecule has 0 radical (unpaired) electrons. The fourth-order valence-electron chi connectivity index (χ4n) is 3.21. The van der Waals surface area contributed by atoms with E-state index in [1.165, 1.54) is 0 Å². The van der Waals surface area contributed by atoms with Crippen molar-refractivity contribution in [1.29, 1.82) is 0 Å². The Morgan fingerprint density at radius 2 is 1.15 bits per heavy atom. The second-order valence-electron chi connectivity index (χ2n) is 7.32. The molecule has 0 amide bonds. The number of alkyl halides is 1. The van der Waals surface area contributed by atoms with Crippen LogP contribution in [0.2, 0.25) is 0 Å². The number of unbranched alkanes of at least 4 members (excludes halogenated alkanes) is 6. The fraction of sp³-hybridized carbons (Fsp3) is 1.00. The van der Waals surface area contributed by atoms with Gasteiger partial charge in [0, 0.05) is 19.8 Å². The highest BCUT2D eigenvalue weighted by molar-refractivity contribution is 4.90. The van der Waals surface area contributed by atoms with Gasteiger partial charge in [0.1, 0.15) is 12.2 Å². The van der Waals surface area contributed by atoms with Crippen LogP contribution in [0.25, 0.3) is 0 Å². The number of hydrogen-bond donors (Lipinski definition) is 0. The molecule has 5 heteroatoms. The summed E-state index contributed by atoms with van der Waals surface area (Å²) in [5.41, 5.74) is 0. The maximum atomic E-state index is 15.1. The molecule has 0 spiro atoms. The molecular formula is C21H41FO4. The van der Waals surface area contributed by atoms with Crippen LogP contribution >= 0.6 is 0 Å². The largest absolute Gasteiger partial charge is 0.373 e. The molecule has 5 atom stereocenters. The maximum Gasteiger partial charge on any atom is 0.191 e. The molecule has 1 rings (SSSR count). The summed E-state index contributed by atoms with van der Waals surface area (Å²) < 4.78 is 38.5. The lowest BCUT2D eigenvalue weighted by Gasteiger charge is -2.42. The first kappa shape index (κ1) is 23.8. The molecule has 0 aromatic heterocycles. The Kier molecular flexibility index (Phi) is 13.5. The quantitative estimate of drug-likeness (QED) is 0.357. The first-order valence-electron chi connectivity index (χ1n) is 10.8. The van der Waals surface area contributed by atoms with Crippen LogP contribution in [0, 0.1) is 0 Å². The number of ether oxygens (including phenoxy) is 4. The van der Waals surface area contributed by atoms with E-state index < -0.39 is 18.6 Å². The normalized spacial score (nSPS) is 29.2. The van der Waals surface area contributed by atoms with Gasteiger partial charge in [-0.25, -0.2) is 4.39 Å². The Balaban J connectivity index is 2.59. The van der Waals surface area contributed by atoms with Gasteiger partial charge in [-0.3, -0.25) is 0 Å². The van der Waals surface area contributed by atoms with Crippen LogP contribution in [0.4, 0.5) is 4.39 Å². The van der Waals surface area contributed by atoms with Crippen molar-refractivity contribution in [3.63, 3.8) is 0 Å². The lowest BCUT2D eigenvalue weighted by Crippen LogP contribution is -2.57. The zero-order valence-electron chi connectivity index (χ0n) is 17.4. The van der Waals surface area contributed by atoms with Gasteiger partial charge >= 0.3 is 0 Å². The van der Waals surface area contributed by atoms with E-state index in [0.29, 0.717) is 19.8 Å². The van der Waals surface area contributed by atoms with Crippen LogP contribution in [0.5, 0.6) is 0 Å². The SMILES string of the molecule is CCCCCO[C@@H]1O[C@@H](C)[C@@H](OCCCCC)[C@@H](OCCCCC)[C@H]1F. The Bertz CT molecular complexity index is 329. The Labute approximate surface area is 160 Å². The second-order valence-corrected chi connectivity index (χ2v) is 7.32. The average Bonchev–Trinajstić information content (AvgIpc) is 2.64. The van der Waals surface area contributed by atoms with E-state index in [1.54, 1.807) is 0 Å². The van der Waals surface area contributed by atoms with Gasteiger partial charge in [-0.1, -0.05) is 59.3 Å². The van der Waals surface area contributed by atoms with Crippen molar-refractivity contribution in [2.24, 2.45) is 0 Å². The summed E-state index contributed by atoms with van der Waals surface area (Å²) in [6.07, 6.45) is 6.11. The third kappa shape index (κ3) is 8.64. The molecule has 0 bridgehead atoms. The zero-order chi connectivity index (χ0) is 19.2. The van der Waals surface area contributed by atoms with Crippen molar-refractivity contribution >= 4 is 0 Å². The molecule has 1 heterocycles. The van der Waals surface area contributed by atoms with Crippen LogP contribution in [0.15, 0.2) is 0 Å². The van der Waals surface area contributed by atoms with Gasteiger partial charge in [-0.05, 0) is 26.2 Å². The number of halogens is 1. The van der Waals surface area contributed by atoms with Crippen molar-refractivity contribution in [3.8, 4) is 0 Å². The van der Waals surface area contributed by atoms with Crippen LogP contribution < -0.4 is 0 Å². The summed E-state index contributed by atoms with van der Waals surface area (Å²) in [5.74, 6) is 0. The molecule has 26 heavy (non-hydrogen) atoms. The van der Waals surface area contributed by atoms with Gasteiger partial charge in [0.25, 0.3) is 0 Å². The molecular weight excluding hydrogens is 335 g/mol. The van der Waals surface area contributed by atoms with Gasteiger partial charge in [0.15, 0.2) is 12.5 Å². The molecule has 1 fully saturated rings. The Morgan fingerprint density at radius 3 is 1.65 bits per heavy atom. The number of rotatable bonds is 15. The van der Waals surface area contributed by atoms with E-state index >= 15 is 4.39 Å². The summed E-state index contributed by atoms with van der Waals surface area (Å²) in [4.78, 5) is 0. The van der Waals surface area contributed by atoms with E-state index in [-0.39, 0.29) is 12.2 Å². The van der Waals surface area contributed by atoms with E-state index in [0.717, 1.165) is 57.8 Å². The first-order chi connectivity index (χ1) is 12.7. The second kappa shape index (κ2) is 14.8. The summed E-state index contributed by atoms with van der Waals surface area (Å²) in [5, 5.41) is 0. The molecule has 0 saturated carbocycles. The molecule has 1 aliphatic rings. The lowest BCUT2D eigenvalue weighted by atomic mass is 10.00. The standard InChI is InChI=1S/C21H41FO4/c1-5-8-11-14-23-19-17(4)26-21(25-16-13-10-7-3)18(22)20(19)24-15-12-9-6-2/h17-21H,5-16H2,1-4H3/t17-,18+,19+,20-,21+/m0/s1. The molecule has 4 nitrogen and oxygen atoms in total. The van der Waals surface area contributed by atoms with E-state index in [9.17, 15) is 0 Å². The van der Waals surface area contributed by atoms with Crippen molar-refractivity contribution in [1.82, 2.24) is 0 Å². The molecule has 1 aliphatic heterocycles. The predicted molar refractivity (Wildman–Crippen MR) is 103 cm³/mol. The summed E-state index contributed by atoms with van der Waals surface area (Å²) in [7, 11) is 0. The fourth-order valence-corrected chi connectivity index (χ4v) is 3.21. The summed E-state index contributed by atoms with van der Waals surface area (Å²) >= 11 is 0.